The van der Waals surface area contributed by atoms with Crippen molar-refractivity contribution < 1.29 is 38.9 Å². The highest BCUT2D eigenvalue weighted by Gasteiger charge is 1.82. The SMILES string of the molecule is C=CC(=O)OC.C=CC(=O)OC.NC(=O)O.NC(=O)O. The number of rotatable bonds is 2. The van der Waals surface area contributed by atoms with E-state index >= 15 is 0 Å². The lowest BCUT2D eigenvalue weighted by atomic mass is 10.7. The van der Waals surface area contributed by atoms with Crippen LogP contribution in [0.2, 0.25) is 0 Å². The Hall–Kier alpha value is -3.04. The van der Waals surface area contributed by atoms with E-state index in [2.05, 4.69) is 34.1 Å². The van der Waals surface area contributed by atoms with Crippen molar-refractivity contribution in [2.24, 2.45) is 11.5 Å². The molecule has 0 aromatic heterocycles. The lowest BCUT2D eigenvalue weighted by molar-refractivity contribution is -0.135. The molecule has 10 nitrogen and oxygen atoms in total. The Balaban J connectivity index is -0.0000000871. The molecular formula is C10H18N2O8. The average Bonchev–Trinajstić information content (AvgIpc) is 2.36. The Kier molecular flexibility index (Phi) is 27.3. The number of hydrogen-bond donors (Lipinski definition) is 4. The van der Waals surface area contributed by atoms with Gasteiger partial charge in [0, 0.05) is 12.2 Å². The van der Waals surface area contributed by atoms with Gasteiger partial charge in [0.15, 0.2) is 0 Å². The summed E-state index contributed by atoms with van der Waals surface area (Å²) in [6.07, 6.45) is -0.444. The zero-order chi connectivity index (χ0) is 17.1. The normalized spacial score (nSPS) is 6.50. The molecule has 0 atom stereocenters. The van der Waals surface area contributed by atoms with Crippen LogP contribution < -0.4 is 11.5 Å². The molecule has 20 heavy (non-hydrogen) atoms. The van der Waals surface area contributed by atoms with Crippen LogP contribution in [0.15, 0.2) is 25.3 Å². The van der Waals surface area contributed by atoms with Crippen LogP contribution in [-0.2, 0) is 19.1 Å². The van der Waals surface area contributed by atoms with Crippen LogP contribution in [0, 0.1) is 0 Å². The highest BCUT2D eigenvalue weighted by molar-refractivity contribution is 5.81. The molecule has 116 valence electrons. The zero-order valence-corrected chi connectivity index (χ0v) is 11.1. The van der Waals surface area contributed by atoms with Crippen molar-refractivity contribution in [2.75, 3.05) is 14.2 Å². The van der Waals surface area contributed by atoms with Crippen molar-refractivity contribution in [1.82, 2.24) is 0 Å². The standard InChI is InChI=1S/2C4H6O2.2CH3NO2/c2*1-3-4(5)6-2;2*2-1(3)4/h2*3H,1H2,2H3;2*2H2,(H,3,4). The predicted molar refractivity (Wildman–Crippen MR) is 68.9 cm³/mol. The summed E-state index contributed by atoms with van der Waals surface area (Å²) in [5.74, 6) is -0.787. The zero-order valence-electron chi connectivity index (χ0n) is 11.1. The molecule has 0 aliphatic rings. The molecule has 2 amide bonds. The number of ether oxygens (including phenoxy) is 2. The van der Waals surface area contributed by atoms with E-state index < -0.39 is 24.1 Å². The minimum atomic E-state index is -1.33. The third kappa shape index (κ3) is 119. The number of carboxylic acid groups (broad SMARTS) is 2. The van der Waals surface area contributed by atoms with Gasteiger partial charge in [-0.05, 0) is 0 Å². The summed E-state index contributed by atoms with van der Waals surface area (Å²) in [5, 5.41) is 14.4. The molecule has 0 rings (SSSR count). The van der Waals surface area contributed by atoms with Crippen LogP contribution in [-0.4, -0.2) is 48.6 Å². The molecule has 10 heteroatoms. The molecule has 0 aromatic carbocycles. The minimum absolute atomic E-state index is 0.394. The Morgan fingerprint density at radius 2 is 1.00 bits per heavy atom. The summed E-state index contributed by atoms with van der Waals surface area (Å²) >= 11 is 0. The van der Waals surface area contributed by atoms with E-state index in [0.29, 0.717) is 0 Å². The van der Waals surface area contributed by atoms with E-state index in [9.17, 15) is 9.59 Å². The number of esters is 2. The van der Waals surface area contributed by atoms with Crippen molar-refractivity contribution in [3.8, 4) is 0 Å². The second-order valence-electron chi connectivity index (χ2n) is 2.13. The number of hydrogen-bond acceptors (Lipinski definition) is 6. The molecule has 0 aliphatic carbocycles. The molecule has 0 saturated carbocycles. The van der Waals surface area contributed by atoms with Gasteiger partial charge in [0.1, 0.15) is 0 Å². The van der Waals surface area contributed by atoms with Crippen LogP contribution >= 0.6 is 0 Å². The fourth-order valence-corrected chi connectivity index (χ4v) is 0.167. The van der Waals surface area contributed by atoms with Crippen molar-refractivity contribution in [2.45, 2.75) is 0 Å². The lowest BCUT2D eigenvalue weighted by Gasteiger charge is -1.83. The van der Waals surface area contributed by atoms with Gasteiger partial charge in [-0.2, -0.15) is 0 Å². The van der Waals surface area contributed by atoms with E-state index in [4.69, 9.17) is 19.8 Å². The first-order valence-electron chi connectivity index (χ1n) is 4.46. The molecule has 0 bridgehead atoms. The molecule has 0 saturated heterocycles. The van der Waals surface area contributed by atoms with E-state index in [-0.39, 0.29) is 0 Å². The topological polar surface area (TPSA) is 179 Å². The summed E-state index contributed by atoms with van der Waals surface area (Å²) in [5.41, 5.74) is 8.06. The summed E-state index contributed by atoms with van der Waals surface area (Å²) in [6, 6.07) is 0. The van der Waals surface area contributed by atoms with Crippen LogP contribution in [0.5, 0.6) is 0 Å². The molecule has 0 aliphatic heterocycles. The average molecular weight is 294 g/mol. The number of carbonyl (C=O) groups excluding carboxylic acids is 2. The highest BCUT2D eigenvalue weighted by atomic mass is 16.5. The van der Waals surface area contributed by atoms with Crippen LogP contribution in [0.4, 0.5) is 9.59 Å². The van der Waals surface area contributed by atoms with E-state index in [1.807, 2.05) is 0 Å². The second kappa shape index (κ2) is 21.3. The van der Waals surface area contributed by atoms with Crippen LogP contribution in [0.1, 0.15) is 0 Å². The van der Waals surface area contributed by atoms with Gasteiger partial charge in [-0.3, -0.25) is 0 Å². The number of primary amides is 2. The van der Waals surface area contributed by atoms with Crippen molar-refractivity contribution >= 4 is 24.1 Å². The maximum atomic E-state index is 9.84. The van der Waals surface area contributed by atoms with Crippen molar-refractivity contribution in [3.05, 3.63) is 25.3 Å². The Bertz CT molecular complexity index is 287. The molecule has 6 N–H and O–H groups in total. The first-order chi connectivity index (χ1) is 9.08. The fourth-order valence-electron chi connectivity index (χ4n) is 0.167. The van der Waals surface area contributed by atoms with E-state index in [1.54, 1.807) is 0 Å². The Labute approximate surface area is 115 Å². The first-order valence-corrected chi connectivity index (χ1v) is 4.46. The quantitative estimate of drug-likeness (QED) is 0.403. The molecule has 0 radical (unpaired) electrons. The molecule has 0 fully saturated rings. The third-order valence-electron chi connectivity index (χ3n) is 0.736. The van der Waals surface area contributed by atoms with E-state index in [0.717, 1.165) is 12.2 Å². The van der Waals surface area contributed by atoms with Gasteiger partial charge >= 0.3 is 24.1 Å². The van der Waals surface area contributed by atoms with Gasteiger partial charge < -0.3 is 31.2 Å². The monoisotopic (exact) mass is 294 g/mol. The number of amides is 2. The first kappa shape index (κ1) is 25.7. The predicted octanol–water partition coefficient (Wildman–Crippen LogP) is -0.0630. The molecular weight excluding hydrogens is 276 g/mol. The fraction of sp³-hybridized carbons (Fsp3) is 0.200. The summed E-state index contributed by atoms with van der Waals surface area (Å²) in [7, 11) is 2.62. The van der Waals surface area contributed by atoms with Gasteiger partial charge in [0.25, 0.3) is 0 Å². The molecule has 0 aromatic rings. The van der Waals surface area contributed by atoms with Crippen molar-refractivity contribution in [1.29, 1.82) is 0 Å². The highest BCUT2D eigenvalue weighted by Crippen LogP contribution is 1.68. The van der Waals surface area contributed by atoms with Gasteiger partial charge in [0.2, 0.25) is 0 Å². The largest absolute Gasteiger partial charge is 0.466 e. The van der Waals surface area contributed by atoms with Gasteiger partial charge in [-0.25, -0.2) is 19.2 Å². The molecule has 0 heterocycles. The maximum absolute atomic E-state index is 9.84. The number of carbonyl (C=O) groups is 4. The van der Waals surface area contributed by atoms with Gasteiger partial charge in [0.05, 0.1) is 14.2 Å². The smallest absolute Gasteiger partial charge is 0.402 e. The minimum Gasteiger partial charge on any atom is -0.466 e. The second-order valence-corrected chi connectivity index (χ2v) is 2.13. The third-order valence-corrected chi connectivity index (χ3v) is 0.736. The Morgan fingerprint density at radius 3 is 1.00 bits per heavy atom. The number of nitrogens with two attached hydrogens (primary N) is 2. The van der Waals surface area contributed by atoms with Gasteiger partial charge in [-0.15, -0.1) is 0 Å². The van der Waals surface area contributed by atoms with Gasteiger partial charge in [-0.1, -0.05) is 13.2 Å². The Morgan fingerprint density at radius 1 is 0.850 bits per heavy atom. The summed E-state index contributed by atoms with van der Waals surface area (Å²) in [4.78, 5) is 37.2. The van der Waals surface area contributed by atoms with Crippen LogP contribution in [0.3, 0.4) is 0 Å². The van der Waals surface area contributed by atoms with Crippen molar-refractivity contribution in [3.63, 3.8) is 0 Å². The van der Waals surface area contributed by atoms with E-state index in [1.165, 1.54) is 14.2 Å². The summed E-state index contributed by atoms with van der Waals surface area (Å²) < 4.78 is 8.28. The number of methoxy groups -OCH3 is 2. The van der Waals surface area contributed by atoms with Crippen LogP contribution in [0.25, 0.3) is 0 Å². The molecule has 0 spiro atoms. The maximum Gasteiger partial charge on any atom is 0.402 e. The lowest BCUT2D eigenvalue weighted by Crippen LogP contribution is -2.03. The summed E-state index contributed by atoms with van der Waals surface area (Å²) in [6.45, 7) is 6.31. The molecule has 0 unspecified atom stereocenters.